The first-order chi connectivity index (χ1) is 15.0. The summed E-state index contributed by atoms with van der Waals surface area (Å²) >= 11 is 5.96. The highest BCUT2D eigenvalue weighted by atomic mass is 35.5. The summed E-state index contributed by atoms with van der Waals surface area (Å²) in [4.78, 5) is 33.7. The van der Waals surface area contributed by atoms with Crippen molar-refractivity contribution in [3.8, 4) is 0 Å². The molecule has 0 bridgehead atoms. The van der Waals surface area contributed by atoms with Crippen molar-refractivity contribution in [3.05, 3.63) is 88.6 Å². The lowest BCUT2D eigenvalue weighted by Gasteiger charge is -2.35. The predicted octanol–water partition coefficient (Wildman–Crippen LogP) is 5.13. The normalized spacial score (nSPS) is 13.9. The minimum absolute atomic E-state index is 0.0703. The Morgan fingerprint density at radius 1 is 1.06 bits per heavy atom. The summed E-state index contributed by atoms with van der Waals surface area (Å²) in [7, 11) is 0. The maximum absolute atomic E-state index is 13.1. The summed E-state index contributed by atoms with van der Waals surface area (Å²) in [5, 5.41) is 3.48. The first-order valence-electron chi connectivity index (χ1n) is 10.2. The number of amides is 3. The molecular weight excluding hydrogens is 412 g/mol. The zero-order chi connectivity index (χ0) is 21.8. The van der Waals surface area contributed by atoms with E-state index in [1.54, 1.807) is 29.2 Å². The fourth-order valence-electron chi connectivity index (χ4n) is 3.59. The van der Waals surface area contributed by atoms with Crippen LogP contribution in [0, 0.1) is 6.92 Å². The molecule has 0 spiro atoms. The Morgan fingerprint density at radius 2 is 1.84 bits per heavy atom. The van der Waals surface area contributed by atoms with Crippen molar-refractivity contribution in [2.24, 2.45) is 0 Å². The summed E-state index contributed by atoms with van der Waals surface area (Å²) in [5.74, 6) is 0.237. The second-order valence-corrected chi connectivity index (χ2v) is 7.94. The van der Waals surface area contributed by atoms with E-state index < -0.39 is 0 Å². The van der Waals surface area contributed by atoms with Crippen LogP contribution >= 0.6 is 11.6 Å². The molecule has 1 aliphatic rings. The van der Waals surface area contributed by atoms with E-state index in [9.17, 15) is 9.59 Å². The predicted molar refractivity (Wildman–Crippen MR) is 123 cm³/mol. The molecule has 31 heavy (non-hydrogen) atoms. The third-order valence-electron chi connectivity index (χ3n) is 5.15. The van der Waals surface area contributed by atoms with Gasteiger partial charge < -0.3 is 10.2 Å². The Kier molecular flexibility index (Phi) is 6.18. The number of hydrogen-bond donors (Lipinski definition) is 1. The Balaban J connectivity index is 1.49. The number of aryl methyl sites for hydroxylation is 1. The van der Waals surface area contributed by atoms with Crippen molar-refractivity contribution in [2.45, 2.75) is 19.9 Å². The zero-order valence-corrected chi connectivity index (χ0v) is 18.0. The molecule has 2 aromatic carbocycles. The average molecular weight is 435 g/mol. The number of nitrogens with zero attached hydrogens (tertiary/aromatic N) is 3. The van der Waals surface area contributed by atoms with Gasteiger partial charge in [0.25, 0.3) is 5.91 Å². The number of anilines is 2. The molecule has 3 aromatic rings. The number of urea groups is 1. The molecular formula is C24H23ClN4O2. The SMILES string of the molecule is Cc1cccc(NC(=O)c2cccc(N3CCCN(Cc4ccc(Cl)cc4)C3=O)c2)n1. The number of rotatable bonds is 5. The van der Waals surface area contributed by atoms with Crippen LogP contribution in [0.15, 0.2) is 66.7 Å². The first kappa shape index (κ1) is 20.9. The lowest BCUT2D eigenvalue weighted by atomic mass is 10.1. The van der Waals surface area contributed by atoms with Gasteiger partial charge in [-0.15, -0.1) is 0 Å². The van der Waals surface area contributed by atoms with E-state index in [0.717, 1.165) is 17.7 Å². The van der Waals surface area contributed by atoms with Crippen molar-refractivity contribution in [1.82, 2.24) is 9.88 Å². The molecule has 0 saturated carbocycles. The average Bonchev–Trinajstić information content (AvgIpc) is 2.77. The van der Waals surface area contributed by atoms with Crippen molar-refractivity contribution in [2.75, 3.05) is 23.3 Å². The van der Waals surface area contributed by atoms with Gasteiger partial charge >= 0.3 is 6.03 Å². The summed E-state index contributed by atoms with van der Waals surface area (Å²) in [5.41, 5.74) is 3.03. The molecule has 158 valence electrons. The zero-order valence-electron chi connectivity index (χ0n) is 17.2. The highest BCUT2D eigenvalue weighted by molar-refractivity contribution is 6.30. The molecule has 1 N–H and O–H groups in total. The van der Waals surface area contributed by atoms with Gasteiger partial charge in [0.15, 0.2) is 0 Å². The molecule has 1 aliphatic heterocycles. The maximum atomic E-state index is 13.1. The summed E-state index contributed by atoms with van der Waals surface area (Å²) in [6, 6.07) is 20.0. The number of pyridine rings is 1. The molecule has 0 atom stereocenters. The van der Waals surface area contributed by atoms with Crippen LogP contribution < -0.4 is 10.2 Å². The standard InChI is InChI=1S/C24H23ClN4O2/c1-17-5-2-8-22(26-17)27-23(30)19-6-3-7-21(15-19)29-14-4-13-28(24(29)31)16-18-9-11-20(25)12-10-18/h2-3,5-12,15H,4,13-14,16H2,1H3,(H,26,27,30). The van der Waals surface area contributed by atoms with E-state index in [2.05, 4.69) is 10.3 Å². The lowest BCUT2D eigenvalue weighted by molar-refractivity contribution is 0.102. The molecule has 2 heterocycles. The van der Waals surface area contributed by atoms with E-state index >= 15 is 0 Å². The molecule has 0 unspecified atom stereocenters. The highest BCUT2D eigenvalue weighted by Gasteiger charge is 2.27. The Morgan fingerprint density at radius 3 is 2.61 bits per heavy atom. The van der Waals surface area contributed by atoms with Crippen LogP contribution in [0.4, 0.5) is 16.3 Å². The van der Waals surface area contributed by atoms with Crippen molar-refractivity contribution in [1.29, 1.82) is 0 Å². The smallest absolute Gasteiger partial charge is 0.320 e. The number of nitrogens with one attached hydrogen (secondary N) is 1. The van der Waals surface area contributed by atoms with E-state index in [1.807, 2.05) is 54.3 Å². The van der Waals surface area contributed by atoms with Crippen molar-refractivity contribution < 1.29 is 9.59 Å². The Labute approximate surface area is 186 Å². The number of benzene rings is 2. The van der Waals surface area contributed by atoms with Gasteiger partial charge in [-0.1, -0.05) is 35.9 Å². The molecule has 0 aliphatic carbocycles. The third kappa shape index (κ3) is 5.03. The molecule has 1 saturated heterocycles. The molecule has 1 aromatic heterocycles. The topological polar surface area (TPSA) is 65.5 Å². The summed E-state index contributed by atoms with van der Waals surface area (Å²) in [6.45, 7) is 3.69. The monoisotopic (exact) mass is 434 g/mol. The molecule has 7 heteroatoms. The van der Waals surface area contributed by atoms with Gasteiger partial charge in [0.05, 0.1) is 0 Å². The van der Waals surface area contributed by atoms with Gasteiger partial charge in [0, 0.05) is 41.6 Å². The third-order valence-corrected chi connectivity index (χ3v) is 5.40. The minimum atomic E-state index is -0.262. The van der Waals surface area contributed by atoms with Crippen LogP contribution in [-0.4, -0.2) is 34.9 Å². The van der Waals surface area contributed by atoms with Gasteiger partial charge in [-0.2, -0.15) is 0 Å². The van der Waals surface area contributed by atoms with Gasteiger partial charge in [0.2, 0.25) is 0 Å². The molecule has 6 nitrogen and oxygen atoms in total. The number of carbonyl (C=O) groups excluding carboxylic acids is 2. The number of aromatic nitrogens is 1. The molecule has 3 amide bonds. The van der Waals surface area contributed by atoms with Crippen LogP contribution in [0.5, 0.6) is 0 Å². The fourth-order valence-corrected chi connectivity index (χ4v) is 3.72. The van der Waals surface area contributed by atoms with E-state index in [1.165, 1.54) is 0 Å². The van der Waals surface area contributed by atoms with Crippen molar-refractivity contribution >= 4 is 35.0 Å². The van der Waals surface area contributed by atoms with Gasteiger partial charge in [0.1, 0.15) is 5.82 Å². The fraction of sp³-hybridized carbons (Fsp3) is 0.208. The van der Waals surface area contributed by atoms with Crippen LogP contribution in [-0.2, 0) is 6.54 Å². The second-order valence-electron chi connectivity index (χ2n) is 7.50. The second kappa shape index (κ2) is 9.18. The van der Waals surface area contributed by atoms with E-state index in [4.69, 9.17) is 11.6 Å². The van der Waals surface area contributed by atoms with E-state index in [0.29, 0.717) is 41.7 Å². The van der Waals surface area contributed by atoms with E-state index in [-0.39, 0.29) is 11.9 Å². The van der Waals surface area contributed by atoms with Crippen LogP contribution in [0.2, 0.25) is 5.02 Å². The minimum Gasteiger partial charge on any atom is -0.320 e. The van der Waals surface area contributed by atoms with Crippen LogP contribution in [0.25, 0.3) is 0 Å². The number of carbonyl (C=O) groups is 2. The summed E-state index contributed by atoms with van der Waals surface area (Å²) in [6.07, 6.45) is 0.850. The number of hydrogen-bond acceptors (Lipinski definition) is 3. The molecule has 1 fully saturated rings. The quantitative estimate of drug-likeness (QED) is 0.605. The number of halogens is 1. The molecule has 4 rings (SSSR count). The Bertz CT molecular complexity index is 1100. The van der Waals surface area contributed by atoms with Crippen molar-refractivity contribution in [3.63, 3.8) is 0 Å². The van der Waals surface area contributed by atoms with Gasteiger partial charge in [-0.25, -0.2) is 9.78 Å². The van der Waals surface area contributed by atoms with Crippen LogP contribution in [0.3, 0.4) is 0 Å². The Hall–Kier alpha value is -3.38. The largest absolute Gasteiger partial charge is 0.324 e. The highest BCUT2D eigenvalue weighted by Crippen LogP contribution is 2.23. The van der Waals surface area contributed by atoms with Crippen LogP contribution in [0.1, 0.15) is 28.0 Å². The lowest BCUT2D eigenvalue weighted by Crippen LogP contribution is -2.49. The van der Waals surface area contributed by atoms with Gasteiger partial charge in [-0.05, 0) is 61.4 Å². The molecule has 0 radical (unpaired) electrons. The van der Waals surface area contributed by atoms with Gasteiger partial charge in [-0.3, -0.25) is 9.69 Å². The summed E-state index contributed by atoms with van der Waals surface area (Å²) < 4.78 is 0. The first-order valence-corrected chi connectivity index (χ1v) is 10.5. The maximum Gasteiger partial charge on any atom is 0.324 e.